The van der Waals surface area contributed by atoms with Gasteiger partial charge < -0.3 is 5.32 Å². The smallest absolute Gasteiger partial charge is 0.322 e. The summed E-state index contributed by atoms with van der Waals surface area (Å²) < 4.78 is 24.2. The van der Waals surface area contributed by atoms with Crippen molar-refractivity contribution in [2.24, 2.45) is 0 Å². The van der Waals surface area contributed by atoms with Gasteiger partial charge in [-0.1, -0.05) is 0 Å². The van der Waals surface area contributed by atoms with E-state index in [1.165, 1.54) is 0 Å². The van der Waals surface area contributed by atoms with E-state index in [1.807, 2.05) is 0 Å². The number of carbonyl (C=O) groups is 1. The summed E-state index contributed by atoms with van der Waals surface area (Å²) in [7, 11) is 0. The minimum absolute atomic E-state index is 0.256. The number of alkyl halides is 3. The van der Waals surface area contributed by atoms with E-state index in [9.17, 15) is 13.6 Å². The van der Waals surface area contributed by atoms with E-state index in [1.54, 1.807) is 20.8 Å². The van der Waals surface area contributed by atoms with Crippen molar-refractivity contribution < 1.29 is 13.6 Å². The maximum atomic E-state index is 12.1. The van der Waals surface area contributed by atoms with Crippen molar-refractivity contribution in [1.82, 2.24) is 5.32 Å². The number of amides is 1. The minimum Gasteiger partial charge on any atom is -0.352 e. The Morgan fingerprint density at radius 2 is 1.85 bits per heavy atom. The Morgan fingerprint density at radius 1 is 1.38 bits per heavy atom. The molecule has 0 aromatic heterocycles. The van der Waals surface area contributed by atoms with Crippen LogP contribution in [0, 0.1) is 0 Å². The van der Waals surface area contributed by atoms with Gasteiger partial charge in [-0.05, 0) is 32.4 Å². The standard InChI is InChI=1S/C8H14ClF2NO/c1-7(2,3)12-6(13)4-5-8(9,10)11/h4-5H2,1-3H3,(H,12,13). The van der Waals surface area contributed by atoms with Gasteiger partial charge in [0, 0.05) is 18.4 Å². The Balaban J connectivity index is 3.78. The molecule has 0 aliphatic heterocycles. The molecule has 0 spiro atoms. The zero-order valence-corrected chi connectivity index (χ0v) is 8.71. The SMILES string of the molecule is CC(C)(C)NC(=O)CCC(F)(F)Cl. The third-order valence-corrected chi connectivity index (χ3v) is 1.34. The van der Waals surface area contributed by atoms with Crippen LogP contribution in [-0.2, 0) is 4.79 Å². The fourth-order valence-electron chi connectivity index (χ4n) is 0.736. The number of hydrogen-bond acceptors (Lipinski definition) is 1. The van der Waals surface area contributed by atoms with Crippen LogP contribution in [0.5, 0.6) is 0 Å². The molecule has 0 bridgehead atoms. The molecule has 1 amide bonds. The van der Waals surface area contributed by atoms with Crippen molar-refractivity contribution in [3.05, 3.63) is 0 Å². The van der Waals surface area contributed by atoms with Crippen LogP contribution in [0.1, 0.15) is 33.6 Å². The predicted octanol–water partition coefficient (Wildman–Crippen LogP) is 2.51. The lowest BCUT2D eigenvalue weighted by Gasteiger charge is -2.20. The van der Waals surface area contributed by atoms with Crippen molar-refractivity contribution >= 4 is 17.5 Å². The molecule has 0 aliphatic rings. The second-order valence-corrected chi connectivity index (χ2v) is 4.47. The average Bonchev–Trinajstić information content (AvgIpc) is 1.78. The quantitative estimate of drug-likeness (QED) is 0.718. The molecule has 13 heavy (non-hydrogen) atoms. The van der Waals surface area contributed by atoms with Crippen molar-refractivity contribution in [3.8, 4) is 0 Å². The fourth-order valence-corrected chi connectivity index (χ4v) is 0.831. The van der Waals surface area contributed by atoms with Gasteiger partial charge in [0.15, 0.2) is 0 Å². The highest BCUT2D eigenvalue weighted by Gasteiger charge is 2.26. The van der Waals surface area contributed by atoms with E-state index in [-0.39, 0.29) is 6.42 Å². The highest BCUT2D eigenvalue weighted by Crippen LogP contribution is 2.24. The zero-order valence-electron chi connectivity index (χ0n) is 7.96. The largest absolute Gasteiger partial charge is 0.352 e. The number of carbonyl (C=O) groups excluding carboxylic acids is 1. The first kappa shape index (κ1) is 12.6. The summed E-state index contributed by atoms with van der Waals surface area (Å²) in [5, 5.41) is -0.722. The Bertz CT molecular complexity index is 184. The van der Waals surface area contributed by atoms with E-state index in [0.29, 0.717) is 0 Å². The summed E-state index contributed by atoms with van der Waals surface area (Å²) in [5.74, 6) is -0.409. The van der Waals surface area contributed by atoms with Crippen LogP contribution in [0.25, 0.3) is 0 Å². The first-order valence-electron chi connectivity index (χ1n) is 3.98. The second-order valence-electron chi connectivity index (χ2n) is 3.91. The molecule has 0 aromatic rings. The topological polar surface area (TPSA) is 29.1 Å². The first-order chi connectivity index (χ1) is 5.60. The molecule has 0 atom stereocenters. The van der Waals surface area contributed by atoms with Gasteiger partial charge in [-0.25, -0.2) is 0 Å². The lowest BCUT2D eigenvalue weighted by molar-refractivity contribution is -0.123. The van der Waals surface area contributed by atoms with Crippen LogP contribution in [0.15, 0.2) is 0 Å². The van der Waals surface area contributed by atoms with Crippen molar-refractivity contribution in [2.75, 3.05) is 0 Å². The van der Waals surface area contributed by atoms with Gasteiger partial charge in [0.05, 0.1) is 0 Å². The number of hydrogen-bond donors (Lipinski definition) is 1. The summed E-state index contributed by atoms with van der Waals surface area (Å²) in [5.41, 5.74) is -0.390. The fraction of sp³-hybridized carbons (Fsp3) is 0.875. The lowest BCUT2D eigenvalue weighted by atomic mass is 10.1. The average molecular weight is 214 g/mol. The maximum Gasteiger partial charge on any atom is 0.322 e. The molecule has 0 heterocycles. The van der Waals surface area contributed by atoms with Crippen LogP contribution in [-0.4, -0.2) is 16.8 Å². The van der Waals surface area contributed by atoms with E-state index in [0.717, 1.165) is 0 Å². The van der Waals surface area contributed by atoms with Gasteiger partial charge in [0.1, 0.15) is 0 Å². The minimum atomic E-state index is -3.28. The second kappa shape index (κ2) is 4.22. The summed E-state index contributed by atoms with van der Waals surface area (Å²) in [4.78, 5) is 11.0. The van der Waals surface area contributed by atoms with Crippen LogP contribution in [0.3, 0.4) is 0 Å². The molecule has 0 unspecified atom stereocenters. The van der Waals surface area contributed by atoms with E-state index in [2.05, 4.69) is 16.9 Å². The predicted molar refractivity (Wildman–Crippen MR) is 47.9 cm³/mol. The zero-order chi connectivity index (χ0) is 10.7. The highest BCUT2D eigenvalue weighted by atomic mass is 35.5. The van der Waals surface area contributed by atoms with Crippen LogP contribution < -0.4 is 5.32 Å². The molecule has 0 fully saturated rings. The number of halogens is 3. The molecule has 0 saturated carbocycles. The molecule has 2 nitrogen and oxygen atoms in total. The van der Waals surface area contributed by atoms with Gasteiger partial charge in [-0.15, -0.1) is 0 Å². The lowest BCUT2D eigenvalue weighted by Crippen LogP contribution is -2.40. The van der Waals surface area contributed by atoms with Gasteiger partial charge in [-0.3, -0.25) is 4.79 Å². The molecule has 0 rings (SSSR count). The summed E-state index contributed by atoms with van der Waals surface area (Å²) in [6.07, 6.45) is -0.885. The summed E-state index contributed by atoms with van der Waals surface area (Å²) >= 11 is 4.64. The van der Waals surface area contributed by atoms with Crippen LogP contribution in [0.2, 0.25) is 0 Å². The number of nitrogens with one attached hydrogen (secondary N) is 1. The van der Waals surface area contributed by atoms with Crippen LogP contribution >= 0.6 is 11.6 Å². The van der Waals surface area contributed by atoms with Gasteiger partial charge in [0.25, 0.3) is 0 Å². The Morgan fingerprint density at radius 3 is 2.15 bits per heavy atom. The van der Waals surface area contributed by atoms with Gasteiger partial charge >= 0.3 is 5.38 Å². The first-order valence-corrected chi connectivity index (χ1v) is 4.36. The van der Waals surface area contributed by atoms with Gasteiger partial charge in [0.2, 0.25) is 5.91 Å². The molecule has 0 saturated heterocycles. The Labute approximate surface area is 81.6 Å². The normalized spacial score (nSPS) is 12.8. The van der Waals surface area contributed by atoms with Crippen molar-refractivity contribution in [3.63, 3.8) is 0 Å². The van der Waals surface area contributed by atoms with E-state index < -0.39 is 23.2 Å². The molecule has 0 radical (unpaired) electrons. The molecular formula is C8H14ClF2NO. The molecular weight excluding hydrogens is 200 g/mol. The molecule has 5 heteroatoms. The monoisotopic (exact) mass is 213 g/mol. The Kier molecular flexibility index (Phi) is 4.10. The molecule has 0 aromatic carbocycles. The Hall–Kier alpha value is -0.380. The molecule has 78 valence electrons. The van der Waals surface area contributed by atoms with Gasteiger partial charge in [-0.2, -0.15) is 8.78 Å². The van der Waals surface area contributed by atoms with Crippen molar-refractivity contribution in [1.29, 1.82) is 0 Å². The van der Waals surface area contributed by atoms with Crippen molar-refractivity contribution in [2.45, 2.75) is 44.5 Å². The third kappa shape index (κ3) is 9.53. The van der Waals surface area contributed by atoms with E-state index >= 15 is 0 Å². The summed E-state index contributed by atoms with van der Waals surface area (Å²) in [6, 6.07) is 0. The third-order valence-electron chi connectivity index (χ3n) is 1.15. The van der Waals surface area contributed by atoms with Crippen LogP contribution in [0.4, 0.5) is 8.78 Å². The highest BCUT2D eigenvalue weighted by molar-refractivity contribution is 6.21. The molecule has 1 N–H and O–H groups in total. The molecule has 0 aliphatic carbocycles. The maximum absolute atomic E-state index is 12.1. The summed E-state index contributed by atoms with van der Waals surface area (Å²) in [6.45, 7) is 5.34. The number of rotatable bonds is 3. The van der Waals surface area contributed by atoms with E-state index in [4.69, 9.17) is 0 Å².